The molecule has 0 bridgehead atoms. The first kappa shape index (κ1) is 16.9. The van der Waals surface area contributed by atoms with Crippen molar-refractivity contribution in [1.82, 2.24) is 10.6 Å². The molecule has 2 nitrogen and oxygen atoms in total. The van der Waals surface area contributed by atoms with Crippen LogP contribution in [0, 0.1) is 0 Å². The first-order chi connectivity index (χ1) is 8.06. The molecule has 0 aromatic carbocycles. The molecule has 0 rings (SSSR count). The summed E-state index contributed by atoms with van der Waals surface area (Å²) in [7, 11) is 0. The van der Waals surface area contributed by atoms with E-state index in [1.165, 1.54) is 58.0 Å². The van der Waals surface area contributed by atoms with E-state index in [4.69, 9.17) is 0 Å². The smallest absolute Gasteiger partial charge is 0.00965 e. The standard InChI is InChI=1S/C15H34N2/c1-5-6-7-8-9-12-16-13-10-11-14-17-15(2,3)4/h16-17H,5-14H2,1-4H3. The fraction of sp³-hybridized carbons (Fsp3) is 1.00. The molecule has 0 fully saturated rings. The van der Waals surface area contributed by atoms with Gasteiger partial charge in [-0.1, -0.05) is 32.6 Å². The van der Waals surface area contributed by atoms with Crippen LogP contribution >= 0.6 is 0 Å². The van der Waals surface area contributed by atoms with Gasteiger partial charge in [-0.15, -0.1) is 0 Å². The van der Waals surface area contributed by atoms with Gasteiger partial charge >= 0.3 is 0 Å². The van der Waals surface area contributed by atoms with Crippen molar-refractivity contribution in [1.29, 1.82) is 0 Å². The summed E-state index contributed by atoms with van der Waals surface area (Å²) in [6.07, 6.45) is 9.46. The van der Waals surface area contributed by atoms with Gasteiger partial charge in [0.25, 0.3) is 0 Å². The van der Waals surface area contributed by atoms with Crippen molar-refractivity contribution in [2.75, 3.05) is 19.6 Å². The Morgan fingerprint density at radius 2 is 1.24 bits per heavy atom. The highest BCUT2D eigenvalue weighted by atomic mass is 14.9. The van der Waals surface area contributed by atoms with E-state index in [0.29, 0.717) is 0 Å². The van der Waals surface area contributed by atoms with Gasteiger partial charge in [0.1, 0.15) is 0 Å². The van der Waals surface area contributed by atoms with Crippen molar-refractivity contribution >= 4 is 0 Å². The molecular weight excluding hydrogens is 208 g/mol. The lowest BCUT2D eigenvalue weighted by Crippen LogP contribution is -2.36. The monoisotopic (exact) mass is 242 g/mol. The summed E-state index contributed by atoms with van der Waals surface area (Å²) in [5.74, 6) is 0. The number of rotatable bonds is 11. The molecule has 0 unspecified atom stereocenters. The first-order valence-electron chi connectivity index (χ1n) is 7.52. The Kier molecular flexibility index (Phi) is 11.0. The quantitative estimate of drug-likeness (QED) is 0.540. The van der Waals surface area contributed by atoms with Gasteiger partial charge in [0.05, 0.1) is 0 Å². The van der Waals surface area contributed by atoms with Crippen LogP contribution in [-0.4, -0.2) is 25.2 Å². The first-order valence-corrected chi connectivity index (χ1v) is 7.52. The van der Waals surface area contributed by atoms with E-state index in [1.807, 2.05) is 0 Å². The molecule has 0 saturated heterocycles. The maximum atomic E-state index is 3.53. The van der Waals surface area contributed by atoms with Gasteiger partial charge < -0.3 is 10.6 Å². The molecule has 0 saturated carbocycles. The second kappa shape index (κ2) is 11.0. The number of unbranched alkanes of at least 4 members (excludes halogenated alkanes) is 5. The average Bonchev–Trinajstić information content (AvgIpc) is 2.24. The zero-order valence-corrected chi connectivity index (χ0v) is 12.6. The summed E-state index contributed by atoms with van der Waals surface area (Å²) in [6.45, 7) is 12.5. The molecule has 0 aromatic rings. The van der Waals surface area contributed by atoms with Crippen LogP contribution in [0.1, 0.15) is 72.6 Å². The van der Waals surface area contributed by atoms with Crippen LogP contribution in [0.5, 0.6) is 0 Å². The molecule has 2 N–H and O–H groups in total. The molecule has 0 aliphatic rings. The molecule has 2 heteroatoms. The molecular formula is C15H34N2. The highest BCUT2D eigenvalue weighted by molar-refractivity contribution is 4.69. The van der Waals surface area contributed by atoms with Crippen molar-refractivity contribution < 1.29 is 0 Å². The molecule has 0 radical (unpaired) electrons. The van der Waals surface area contributed by atoms with Gasteiger partial charge in [-0.3, -0.25) is 0 Å². The van der Waals surface area contributed by atoms with Crippen molar-refractivity contribution in [2.45, 2.75) is 78.2 Å². The second-order valence-corrected chi connectivity index (χ2v) is 6.05. The summed E-state index contributed by atoms with van der Waals surface area (Å²) in [5, 5.41) is 7.05. The van der Waals surface area contributed by atoms with Crippen LogP contribution in [0.2, 0.25) is 0 Å². The van der Waals surface area contributed by atoms with E-state index < -0.39 is 0 Å². The summed E-state index contributed by atoms with van der Waals surface area (Å²) < 4.78 is 0. The third-order valence-corrected chi connectivity index (χ3v) is 2.89. The zero-order chi connectivity index (χ0) is 13.0. The van der Waals surface area contributed by atoms with Crippen LogP contribution in [0.4, 0.5) is 0 Å². The van der Waals surface area contributed by atoms with Gasteiger partial charge in [0, 0.05) is 5.54 Å². The molecule has 0 aliphatic heterocycles. The van der Waals surface area contributed by atoms with Gasteiger partial charge in [-0.05, 0) is 59.7 Å². The minimum Gasteiger partial charge on any atom is -0.317 e. The molecule has 0 atom stereocenters. The highest BCUT2D eigenvalue weighted by Crippen LogP contribution is 2.01. The molecule has 17 heavy (non-hydrogen) atoms. The molecule has 0 spiro atoms. The van der Waals surface area contributed by atoms with Crippen LogP contribution in [0.25, 0.3) is 0 Å². The molecule has 104 valence electrons. The lowest BCUT2D eigenvalue weighted by atomic mass is 10.1. The van der Waals surface area contributed by atoms with Crippen molar-refractivity contribution in [3.8, 4) is 0 Å². The highest BCUT2D eigenvalue weighted by Gasteiger charge is 2.06. The fourth-order valence-corrected chi connectivity index (χ4v) is 1.82. The lowest BCUT2D eigenvalue weighted by molar-refractivity contribution is 0.416. The van der Waals surface area contributed by atoms with Crippen molar-refractivity contribution in [2.24, 2.45) is 0 Å². The summed E-state index contributed by atoms with van der Waals surface area (Å²) in [4.78, 5) is 0. The van der Waals surface area contributed by atoms with Crippen LogP contribution in [0.15, 0.2) is 0 Å². The second-order valence-electron chi connectivity index (χ2n) is 6.05. The Morgan fingerprint density at radius 3 is 1.82 bits per heavy atom. The van der Waals surface area contributed by atoms with E-state index >= 15 is 0 Å². The predicted molar refractivity (Wildman–Crippen MR) is 78.6 cm³/mol. The van der Waals surface area contributed by atoms with Crippen molar-refractivity contribution in [3.05, 3.63) is 0 Å². The fourth-order valence-electron chi connectivity index (χ4n) is 1.82. The third-order valence-electron chi connectivity index (χ3n) is 2.89. The molecule has 0 aromatic heterocycles. The Hall–Kier alpha value is -0.0800. The minimum absolute atomic E-state index is 0.271. The summed E-state index contributed by atoms with van der Waals surface area (Å²) in [6, 6.07) is 0. The SMILES string of the molecule is CCCCCCCNCCCCNC(C)(C)C. The van der Waals surface area contributed by atoms with Crippen LogP contribution in [0.3, 0.4) is 0 Å². The maximum Gasteiger partial charge on any atom is 0.00965 e. The molecule has 0 aliphatic carbocycles. The Labute approximate surface area is 109 Å². The summed E-state index contributed by atoms with van der Waals surface area (Å²) >= 11 is 0. The summed E-state index contributed by atoms with van der Waals surface area (Å²) in [5.41, 5.74) is 0.271. The van der Waals surface area contributed by atoms with E-state index in [9.17, 15) is 0 Å². The number of nitrogens with one attached hydrogen (secondary N) is 2. The third kappa shape index (κ3) is 15.9. The van der Waals surface area contributed by atoms with E-state index in [2.05, 4.69) is 38.3 Å². The maximum absolute atomic E-state index is 3.53. The van der Waals surface area contributed by atoms with Gasteiger partial charge in [0.15, 0.2) is 0 Å². The van der Waals surface area contributed by atoms with E-state index in [0.717, 1.165) is 6.54 Å². The normalized spacial score (nSPS) is 12.0. The van der Waals surface area contributed by atoms with Gasteiger partial charge in [-0.2, -0.15) is 0 Å². The average molecular weight is 242 g/mol. The van der Waals surface area contributed by atoms with Gasteiger partial charge in [0.2, 0.25) is 0 Å². The Balaban J connectivity index is 2.99. The zero-order valence-electron chi connectivity index (χ0n) is 12.6. The largest absolute Gasteiger partial charge is 0.317 e. The Morgan fingerprint density at radius 1 is 0.706 bits per heavy atom. The van der Waals surface area contributed by atoms with Crippen LogP contribution < -0.4 is 10.6 Å². The Bertz CT molecular complexity index is 149. The number of hydrogen-bond acceptors (Lipinski definition) is 2. The number of hydrogen-bond donors (Lipinski definition) is 2. The van der Waals surface area contributed by atoms with Crippen LogP contribution in [-0.2, 0) is 0 Å². The van der Waals surface area contributed by atoms with E-state index in [-0.39, 0.29) is 5.54 Å². The van der Waals surface area contributed by atoms with E-state index in [1.54, 1.807) is 0 Å². The lowest BCUT2D eigenvalue weighted by Gasteiger charge is -2.20. The molecule has 0 amide bonds. The predicted octanol–water partition coefficient (Wildman–Crippen LogP) is 3.71. The molecule has 0 heterocycles. The van der Waals surface area contributed by atoms with Gasteiger partial charge in [-0.25, -0.2) is 0 Å². The topological polar surface area (TPSA) is 24.1 Å². The van der Waals surface area contributed by atoms with Crippen molar-refractivity contribution in [3.63, 3.8) is 0 Å². The minimum atomic E-state index is 0.271.